The molecule has 0 unspecified atom stereocenters. The highest BCUT2D eigenvalue weighted by atomic mass is 16.2. The van der Waals surface area contributed by atoms with Gasteiger partial charge in [0.1, 0.15) is 0 Å². The maximum atomic E-state index is 11.0. The molecule has 1 aromatic carbocycles. The van der Waals surface area contributed by atoms with Crippen LogP contribution in [0.2, 0.25) is 0 Å². The van der Waals surface area contributed by atoms with Gasteiger partial charge in [-0.3, -0.25) is 9.59 Å². The lowest BCUT2D eigenvalue weighted by molar-refractivity contribution is -0.111. The number of benzene rings is 1. The van der Waals surface area contributed by atoms with Gasteiger partial charge in [0.2, 0.25) is 5.91 Å². The molecule has 71 valence electrons. The van der Waals surface area contributed by atoms with Crippen molar-refractivity contribution in [3.63, 3.8) is 0 Å². The summed E-state index contributed by atoms with van der Waals surface area (Å²) < 4.78 is 0. The summed E-state index contributed by atoms with van der Waals surface area (Å²) in [5, 5.41) is 2.45. The Labute approximate surface area is 81.4 Å². The Hall–Kier alpha value is -2.10. The van der Waals surface area contributed by atoms with E-state index < -0.39 is 11.8 Å². The number of rotatable bonds is 3. The lowest BCUT2D eigenvalue weighted by Crippen LogP contribution is -2.16. The molecule has 0 heterocycles. The molecule has 0 aromatic heterocycles. The van der Waals surface area contributed by atoms with Gasteiger partial charge in [-0.1, -0.05) is 12.6 Å². The Morgan fingerprint density at radius 2 is 2.29 bits per heavy atom. The van der Waals surface area contributed by atoms with Crippen LogP contribution in [-0.2, 0) is 4.79 Å². The molecule has 0 aliphatic carbocycles. The molecule has 0 fully saturated rings. The zero-order chi connectivity index (χ0) is 10.6. The molecule has 0 aliphatic heterocycles. The Bertz CT molecular complexity index is 385. The minimum atomic E-state index is -0.599. The molecule has 0 saturated carbocycles. The van der Waals surface area contributed by atoms with Crippen LogP contribution >= 0.6 is 0 Å². The Morgan fingerprint density at radius 3 is 2.86 bits per heavy atom. The summed E-state index contributed by atoms with van der Waals surface area (Å²) in [4.78, 5) is 21.9. The van der Waals surface area contributed by atoms with E-state index in [1.807, 2.05) is 0 Å². The van der Waals surface area contributed by atoms with Crippen molar-refractivity contribution >= 4 is 17.5 Å². The van der Waals surface area contributed by atoms with Gasteiger partial charge in [0, 0.05) is 0 Å². The van der Waals surface area contributed by atoms with Crippen LogP contribution in [-0.4, -0.2) is 11.8 Å². The van der Waals surface area contributed by atoms with E-state index >= 15 is 0 Å². The number of hydrogen-bond acceptors (Lipinski definition) is 2. The standard InChI is InChI=1S/C10H9N2O2/c1-2-9(13)12-8-6-4-3-5-7(8)10(11)14/h2-3,5-6H,1H2,(H2,11,14)(H,12,13). The maximum absolute atomic E-state index is 11.0. The lowest BCUT2D eigenvalue weighted by Gasteiger charge is -2.05. The summed E-state index contributed by atoms with van der Waals surface area (Å²) in [5.41, 5.74) is 5.69. The summed E-state index contributed by atoms with van der Waals surface area (Å²) in [6, 6.07) is 7.24. The van der Waals surface area contributed by atoms with Crippen molar-refractivity contribution in [1.82, 2.24) is 0 Å². The quantitative estimate of drug-likeness (QED) is 0.687. The number of carbonyl (C=O) groups is 2. The van der Waals surface area contributed by atoms with Gasteiger partial charge in [0.15, 0.2) is 0 Å². The second-order valence-electron chi connectivity index (χ2n) is 2.53. The van der Waals surface area contributed by atoms with Crippen molar-refractivity contribution in [2.75, 3.05) is 5.32 Å². The average Bonchev–Trinajstić information content (AvgIpc) is 2.18. The molecule has 1 aromatic rings. The Kier molecular flexibility index (Phi) is 3.01. The van der Waals surface area contributed by atoms with Crippen molar-refractivity contribution in [3.05, 3.63) is 42.5 Å². The summed E-state index contributed by atoms with van der Waals surface area (Å²) in [7, 11) is 0. The largest absolute Gasteiger partial charge is 0.366 e. The number of anilines is 1. The fraction of sp³-hybridized carbons (Fsp3) is 0. The predicted molar refractivity (Wildman–Crippen MR) is 52.6 cm³/mol. The van der Waals surface area contributed by atoms with E-state index in [4.69, 9.17) is 5.73 Å². The van der Waals surface area contributed by atoms with E-state index in [2.05, 4.69) is 18.0 Å². The van der Waals surface area contributed by atoms with Crippen LogP contribution < -0.4 is 11.1 Å². The van der Waals surface area contributed by atoms with E-state index in [0.29, 0.717) is 5.69 Å². The third-order valence-electron chi connectivity index (χ3n) is 1.57. The molecule has 4 heteroatoms. The van der Waals surface area contributed by atoms with Crippen molar-refractivity contribution < 1.29 is 9.59 Å². The SMILES string of the molecule is C=CC(=O)Nc1c[c]ccc1C(N)=O. The summed E-state index contributed by atoms with van der Waals surface area (Å²) in [5.74, 6) is -0.995. The first-order valence-corrected chi connectivity index (χ1v) is 3.88. The molecular weight excluding hydrogens is 180 g/mol. The van der Waals surface area contributed by atoms with E-state index in [9.17, 15) is 9.59 Å². The number of carbonyl (C=O) groups excluding carboxylic acids is 2. The van der Waals surface area contributed by atoms with Crippen LogP contribution in [0.1, 0.15) is 10.4 Å². The number of primary amides is 1. The van der Waals surface area contributed by atoms with Gasteiger partial charge in [-0.25, -0.2) is 0 Å². The lowest BCUT2D eigenvalue weighted by atomic mass is 10.1. The van der Waals surface area contributed by atoms with Gasteiger partial charge in [-0.15, -0.1) is 0 Å². The van der Waals surface area contributed by atoms with E-state index in [1.165, 1.54) is 12.1 Å². The second kappa shape index (κ2) is 4.23. The zero-order valence-corrected chi connectivity index (χ0v) is 7.41. The fourth-order valence-electron chi connectivity index (χ4n) is 0.932. The van der Waals surface area contributed by atoms with Gasteiger partial charge in [-0.2, -0.15) is 0 Å². The first-order valence-electron chi connectivity index (χ1n) is 3.88. The predicted octanol–water partition coefficient (Wildman–Crippen LogP) is 0.710. The third kappa shape index (κ3) is 2.20. The average molecular weight is 189 g/mol. The molecule has 0 atom stereocenters. The normalized spacial score (nSPS) is 9.14. The Balaban J connectivity index is 3.01. The summed E-state index contributed by atoms with van der Waals surface area (Å²) >= 11 is 0. The van der Waals surface area contributed by atoms with E-state index in [1.54, 1.807) is 6.07 Å². The first-order chi connectivity index (χ1) is 6.65. The van der Waals surface area contributed by atoms with Crippen molar-refractivity contribution in [3.8, 4) is 0 Å². The van der Waals surface area contributed by atoms with Crippen LogP contribution in [0, 0.1) is 6.07 Å². The topological polar surface area (TPSA) is 72.2 Å². The third-order valence-corrected chi connectivity index (χ3v) is 1.57. The van der Waals surface area contributed by atoms with Gasteiger partial charge in [0.05, 0.1) is 11.3 Å². The molecule has 1 radical (unpaired) electrons. The molecule has 1 rings (SSSR count). The molecule has 0 aliphatic rings. The maximum Gasteiger partial charge on any atom is 0.250 e. The van der Waals surface area contributed by atoms with Crippen LogP contribution in [0.15, 0.2) is 30.9 Å². The number of hydrogen-bond donors (Lipinski definition) is 2. The highest BCUT2D eigenvalue weighted by molar-refractivity contribution is 6.05. The molecule has 0 spiro atoms. The van der Waals surface area contributed by atoms with Crippen LogP contribution in [0.25, 0.3) is 0 Å². The highest BCUT2D eigenvalue weighted by Crippen LogP contribution is 2.13. The first kappa shape index (κ1) is 9.98. The van der Waals surface area contributed by atoms with E-state index in [0.717, 1.165) is 6.08 Å². The highest BCUT2D eigenvalue weighted by Gasteiger charge is 2.07. The van der Waals surface area contributed by atoms with Crippen molar-refractivity contribution in [2.24, 2.45) is 5.73 Å². The van der Waals surface area contributed by atoms with Gasteiger partial charge >= 0.3 is 0 Å². The smallest absolute Gasteiger partial charge is 0.250 e. The van der Waals surface area contributed by atoms with Crippen LogP contribution in [0.5, 0.6) is 0 Å². The minimum Gasteiger partial charge on any atom is -0.366 e. The summed E-state index contributed by atoms with van der Waals surface area (Å²) in [6.07, 6.45) is 1.11. The fourth-order valence-corrected chi connectivity index (χ4v) is 0.932. The Morgan fingerprint density at radius 1 is 1.57 bits per heavy atom. The summed E-state index contributed by atoms with van der Waals surface area (Å²) in [6.45, 7) is 3.29. The molecule has 2 amide bonds. The molecule has 0 saturated heterocycles. The van der Waals surface area contributed by atoms with Crippen molar-refractivity contribution in [1.29, 1.82) is 0 Å². The van der Waals surface area contributed by atoms with Gasteiger partial charge in [0.25, 0.3) is 5.91 Å². The number of nitrogens with two attached hydrogens (primary N) is 1. The van der Waals surface area contributed by atoms with Gasteiger partial charge < -0.3 is 11.1 Å². The van der Waals surface area contributed by atoms with E-state index in [-0.39, 0.29) is 5.56 Å². The molecular formula is C10H9N2O2. The number of amides is 2. The van der Waals surface area contributed by atoms with Crippen LogP contribution in [0.4, 0.5) is 5.69 Å². The van der Waals surface area contributed by atoms with Gasteiger partial charge in [-0.05, 0) is 24.3 Å². The molecule has 3 N–H and O–H groups in total. The molecule has 4 nitrogen and oxygen atoms in total. The second-order valence-corrected chi connectivity index (χ2v) is 2.53. The molecule has 0 bridgehead atoms. The monoisotopic (exact) mass is 189 g/mol. The van der Waals surface area contributed by atoms with Crippen molar-refractivity contribution in [2.45, 2.75) is 0 Å². The van der Waals surface area contributed by atoms with Crippen LogP contribution in [0.3, 0.4) is 0 Å². The molecule has 14 heavy (non-hydrogen) atoms. The number of nitrogens with one attached hydrogen (secondary N) is 1. The minimum absolute atomic E-state index is 0.249. The zero-order valence-electron chi connectivity index (χ0n) is 7.41.